The highest BCUT2D eigenvalue weighted by Gasteiger charge is 2.34. The van der Waals surface area contributed by atoms with Crippen LogP contribution < -0.4 is 4.74 Å². The minimum atomic E-state index is -0.154. The molecular weight excluding hydrogens is 426 g/mol. The second kappa shape index (κ2) is 8.07. The van der Waals surface area contributed by atoms with Gasteiger partial charge in [0.2, 0.25) is 0 Å². The first kappa shape index (κ1) is 19.6. The van der Waals surface area contributed by atoms with Crippen molar-refractivity contribution in [2.45, 2.75) is 12.5 Å². The number of aromatic nitrogens is 1. The van der Waals surface area contributed by atoms with E-state index in [1.165, 1.54) is 5.56 Å². The number of aromatic amines is 1. The standard InChI is InChI=1S/C25H18ClN3OS/c26-18-10-11-22-21(14-18)20-12-13-29(25(31)30-19-4-2-1-3-5-19)24(23(20)28-22)17-8-6-16(15-27)7-9-17/h1-11,14,24,28H,12-13H2. The molecular formula is C25H18ClN3OS. The second-order valence-corrected chi connectivity index (χ2v) is 8.25. The van der Waals surface area contributed by atoms with Gasteiger partial charge in [-0.25, -0.2) is 0 Å². The van der Waals surface area contributed by atoms with E-state index in [-0.39, 0.29) is 6.04 Å². The number of para-hydroxylation sites is 1. The molecule has 4 aromatic rings. The third-order valence-corrected chi connectivity index (χ3v) is 6.18. The van der Waals surface area contributed by atoms with Gasteiger partial charge in [0.15, 0.2) is 0 Å². The lowest BCUT2D eigenvalue weighted by molar-refractivity contribution is 0.289. The van der Waals surface area contributed by atoms with Gasteiger partial charge in [0.25, 0.3) is 5.17 Å². The summed E-state index contributed by atoms with van der Waals surface area (Å²) in [4.78, 5) is 5.69. The summed E-state index contributed by atoms with van der Waals surface area (Å²) < 4.78 is 6.03. The number of nitrogens with zero attached hydrogens (tertiary/aromatic N) is 2. The van der Waals surface area contributed by atoms with E-state index in [4.69, 9.17) is 28.6 Å². The smallest absolute Gasteiger partial charge is 0.265 e. The Bertz CT molecular complexity index is 1310. The summed E-state index contributed by atoms with van der Waals surface area (Å²) in [6, 6.07) is 25.1. The van der Waals surface area contributed by atoms with Crippen molar-refractivity contribution in [1.82, 2.24) is 9.88 Å². The highest BCUT2D eigenvalue weighted by molar-refractivity contribution is 7.80. The maximum atomic E-state index is 9.20. The van der Waals surface area contributed by atoms with Gasteiger partial charge >= 0.3 is 0 Å². The molecule has 152 valence electrons. The van der Waals surface area contributed by atoms with Gasteiger partial charge < -0.3 is 14.6 Å². The number of H-pyrrole nitrogens is 1. The fraction of sp³-hybridized carbons (Fsp3) is 0.120. The van der Waals surface area contributed by atoms with E-state index in [1.54, 1.807) is 0 Å². The predicted molar refractivity (Wildman–Crippen MR) is 126 cm³/mol. The van der Waals surface area contributed by atoms with Gasteiger partial charge in [-0.3, -0.25) is 0 Å². The van der Waals surface area contributed by atoms with Crippen LogP contribution >= 0.6 is 23.8 Å². The quantitative estimate of drug-likeness (QED) is 0.386. The van der Waals surface area contributed by atoms with E-state index >= 15 is 0 Å². The number of halogens is 1. The monoisotopic (exact) mass is 443 g/mol. The Morgan fingerprint density at radius 3 is 2.61 bits per heavy atom. The molecule has 2 heterocycles. The highest BCUT2D eigenvalue weighted by Crippen LogP contribution is 2.39. The summed E-state index contributed by atoms with van der Waals surface area (Å²) in [5, 5.41) is 11.5. The fourth-order valence-corrected chi connectivity index (χ4v) is 4.66. The maximum Gasteiger partial charge on any atom is 0.265 e. The SMILES string of the molecule is N#Cc1ccc(C2c3[nH]c4ccc(Cl)cc4c3CCN2C(=S)Oc2ccccc2)cc1. The molecule has 6 heteroatoms. The van der Waals surface area contributed by atoms with Crippen LogP contribution in [-0.2, 0) is 6.42 Å². The van der Waals surface area contributed by atoms with Crippen LogP contribution in [0.2, 0.25) is 5.02 Å². The lowest BCUT2D eigenvalue weighted by Gasteiger charge is -2.37. The lowest BCUT2D eigenvalue weighted by Crippen LogP contribution is -2.42. The molecule has 0 spiro atoms. The molecule has 31 heavy (non-hydrogen) atoms. The average Bonchev–Trinajstić information content (AvgIpc) is 3.17. The Hall–Kier alpha value is -3.33. The van der Waals surface area contributed by atoms with Crippen molar-refractivity contribution in [3.63, 3.8) is 0 Å². The zero-order valence-corrected chi connectivity index (χ0v) is 18.1. The van der Waals surface area contributed by atoms with Crippen molar-refractivity contribution < 1.29 is 4.74 Å². The molecule has 1 atom stereocenters. The van der Waals surface area contributed by atoms with Crippen molar-refractivity contribution in [2.24, 2.45) is 0 Å². The van der Waals surface area contributed by atoms with Crippen LogP contribution in [0.15, 0.2) is 72.8 Å². The zero-order valence-electron chi connectivity index (χ0n) is 16.5. The molecule has 0 amide bonds. The molecule has 0 bridgehead atoms. The van der Waals surface area contributed by atoms with Gasteiger partial charge in [0, 0.05) is 28.2 Å². The normalized spacial score (nSPS) is 15.4. The molecule has 1 unspecified atom stereocenters. The van der Waals surface area contributed by atoms with E-state index in [0.717, 1.165) is 33.6 Å². The maximum absolute atomic E-state index is 9.20. The van der Waals surface area contributed by atoms with Crippen LogP contribution in [0, 0.1) is 11.3 Å². The van der Waals surface area contributed by atoms with Gasteiger partial charge in [-0.05, 0) is 72.2 Å². The van der Waals surface area contributed by atoms with E-state index in [9.17, 15) is 5.26 Å². The Kier molecular flexibility index (Phi) is 5.11. The number of nitriles is 1. The summed E-state index contributed by atoms with van der Waals surface area (Å²) in [7, 11) is 0. The number of benzene rings is 3. The molecule has 4 nitrogen and oxygen atoms in total. The van der Waals surface area contributed by atoms with E-state index in [1.807, 2.05) is 72.8 Å². The molecule has 1 aliphatic rings. The van der Waals surface area contributed by atoms with Crippen LogP contribution in [0.4, 0.5) is 0 Å². The Balaban J connectivity index is 1.60. The lowest BCUT2D eigenvalue weighted by atomic mass is 9.92. The van der Waals surface area contributed by atoms with Gasteiger partial charge in [0.05, 0.1) is 17.7 Å². The Morgan fingerprint density at radius 1 is 1.10 bits per heavy atom. The molecule has 0 saturated carbocycles. The summed E-state index contributed by atoms with van der Waals surface area (Å²) in [6.07, 6.45) is 0.820. The third-order valence-electron chi connectivity index (χ3n) is 5.63. The molecule has 3 aromatic carbocycles. The zero-order chi connectivity index (χ0) is 21.4. The summed E-state index contributed by atoms with van der Waals surface area (Å²) >= 11 is 12.0. The summed E-state index contributed by atoms with van der Waals surface area (Å²) in [5.74, 6) is 0.709. The molecule has 1 aliphatic heterocycles. The molecule has 5 rings (SSSR count). The minimum Gasteiger partial charge on any atom is -0.432 e. The second-order valence-electron chi connectivity index (χ2n) is 7.47. The van der Waals surface area contributed by atoms with Crippen LogP contribution in [0.3, 0.4) is 0 Å². The van der Waals surface area contributed by atoms with Crippen LogP contribution in [0.25, 0.3) is 10.9 Å². The first-order valence-corrected chi connectivity index (χ1v) is 10.8. The highest BCUT2D eigenvalue weighted by atomic mass is 35.5. The van der Waals surface area contributed by atoms with Crippen LogP contribution in [0.1, 0.15) is 28.4 Å². The third kappa shape index (κ3) is 3.65. The van der Waals surface area contributed by atoms with Crippen molar-refractivity contribution in [2.75, 3.05) is 6.54 Å². The molecule has 0 aliphatic carbocycles. The number of nitrogens with one attached hydrogen (secondary N) is 1. The Morgan fingerprint density at radius 2 is 1.87 bits per heavy atom. The number of thiocarbonyl (C=S) groups is 1. The van der Waals surface area contributed by atoms with Crippen LogP contribution in [0.5, 0.6) is 5.75 Å². The first-order chi connectivity index (χ1) is 15.1. The van der Waals surface area contributed by atoms with Crippen molar-refractivity contribution in [3.8, 4) is 11.8 Å². The topological polar surface area (TPSA) is 52.0 Å². The number of ether oxygens (including phenoxy) is 1. The average molecular weight is 444 g/mol. The molecule has 0 radical (unpaired) electrons. The fourth-order valence-electron chi connectivity index (χ4n) is 4.19. The number of hydrogen-bond donors (Lipinski definition) is 1. The molecule has 0 saturated heterocycles. The van der Waals surface area contributed by atoms with Crippen molar-refractivity contribution in [1.29, 1.82) is 5.26 Å². The first-order valence-electron chi connectivity index (χ1n) is 9.97. The van der Waals surface area contributed by atoms with Crippen LogP contribution in [-0.4, -0.2) is 21.6 Å². The molecule has 0 fully saturated rings. The van der Waals surface area contributed by atoms with E-state index in [2.05, 4.69) is 16.0 Å². The van der Waals surface area contributed by atoms with Crippen molar-refractivity contribution >= 4 is 39.9 Å². The van der Waals surface area contributed by atoms with Gasteiger partial charge in [-0.15, -0.1) is 0 Å². The molecule has 1 N–H and O–H groups in total. The van der Waals surface area contributed by atoms with Gasteiger partial charge in [-0.1, -0.05) is 41.9 Å². The predicted octanol–water partition coefficient (Wildman–Crippen LogP) is 6.00. The van der Waals surface area contributed by atoms with Gasteiger partial charge in [-0.2, -0.15) is 5.26 Å². The largest absolute Gasteiger partial charge is 0.432 e. The number of hydrogen-bond acceptors (Lipinski definition) is 3. The van der Waals surface area contributed by atoms with Crippen molar-refractivity contribution in [3.05, 3.63) is 100 Å². The molecule has 1 aromatic heterocycles. The summed E-state index contributed by atoms with van der Waals surface area (Å²) in [5.41, 5.74) is 5.03. The van der Waals surface area contributed by atoms with E-state index in [0.29, 0.717) is 23.0 Å². The summed E-state index contributed by atoms with van der Waals surface area (Å²) in [6.45, 7) is 0.711. The van der Waals surface area contributed by atoms with Gasteiger partial charge in [0.1, 0.15) is 5.75 Å². The number of rotatable bonds is 2. The Labute approximate surface area is 190 Å². The number of fused-ring (bicyclic) bond motifs is 3. The minimum absolute atomic E-state index is 0.154. The van der Waals surface area contributed by atoms with E-state index < -0.39 is 0 Å².